The Kier molecular flexibility index (Phi) is 4.53. The fourth-order valence-electron chi connectivity index (χ4n) is 3.98. The molecule has 0 radical (unpaired) electrons. The van der Waals surface area contributed by atoms with Crippen LogP contribution in [-0.2, 0) is 36.0 Å². The van der Waals surface area contributed by atoms with Gasteiger partial charge in [-0.2, -0.15) is 0 Å². The molecule has 4 nitrogen and oxygen atoms in total. The second kappa shape index (κ2) is 6.84. The zero-order chi connectivity index (χ0) is 18.3. The van der Waals surface area contributed by atoms with E-state index in [1.54, 1.807) is 11.6 Å². The largest absolute Gasteiger partial charge is 0.374 e. The van der Waals surface area contributed by atoms with Crippen LogP contribution in [0.4, 0.5) is 0 Å². The van der Waals surface area contributed by atoms with Crippen molar-refractivity contribution in [1.29, 1.82) is 0 Å². The molecule has 0 bridgehead atoms. The quantitative estimate of drug-likeness (QED) is 0.847. The molecule has 4 rings (SSSR count). The summed E-state index contributed by atoms with van der Waals surface area (Å²) in [4.78, 5) is 23.9. The van der Waals surface area contributed by atoms with E-state index in [0.717, 1.165) is 41.5 Å². The number of ether oxygens (including phenoxy) is 1. The van der Waals surface area contributed by atoms with Crippen LogP contribution in [0.25, 0.3) is 11.1 Å². The first-order valence-electron chi connectivity index (χ1n) is 9.47. The topological polar surface area (TPSA) is 48.3 Å². The number of fused-ring (bicyclic) bond motifs is 1. The van der Waals surface area contributed by atoms with Crippen LogP contribution in [0.1, 0.15) is 47.9 Å². The van der Waals surface area contributed by atoms with E-state index in [2.05, 4.69) is 12.1 Å². The van der Waals surface area contributed by atoms with Crippen molar-refractivity contribution < 1.29 is 9.53 Å². The summed E-state index contributed by atoms with van der Waals surface area (Å²) in [6.45, 7) is 2.44. The number of ketones is 1. The number of nitrogens with zero attached hydrogens (tertiary/aromatic N) is 1. The molecule has 1 aromatic carbocycles. The first-order valence-corrected chi connectivity index (χ1v) is 9.47. The average Bonchev–Trinajstić information content (AvgIpc) is 2.57. The van der Waals surface area contributed by atoms with Crippen molar-refractivity contribution >= 4 is 5.78 Å². The molecule has 0 N–H and O–H groups in total. The van der Waals surface area contributed by atoms with Gasteiger partial charge in [0.05, 0.1) is 12.7 Å². The molecule has 1 fully saturated rings. The summed E-state index contributed by atoms with van der Waals surface area (Å²) >= 11 is 0. The minimum atomic E-state index is 0.0320. The molecular formula is C22H25NO3. The molecule has 136 valence electrons. The molecule has 2 aliphatic rings. The number of aromatic nitrogens is 1. The summed E-state index contributed by atoms with van der Waals surface area (Å²) in [6, 6.07) is 6.13. The van der Waals surface area contributed by atoms with Crippen LogP contribution in [-0.4, -0.2) is 16.5 Å². The number of hydrogen-bond donors (Lipinski definition) is 0. The maximum absolute atomic E-state index is 12.1. The molecular weight excluding hydrogens is 326 g/mol. The van der Waals surface area contributed by atoms with Crippen molar-refractivity contribution in [3.63, 3.8) is 0 Å². The summed E-state index contributed by atoms with van der Waals surface area (Å²) in [5, 5.41) is 0. The van der Waals surface area contributed by atoms with Crippen molar-refractivity contribution in [3.8, 4) is 11.1 Å². The van der Waals surface area contributed by atoms with Gasteiger partial charge < -0.3 is 9.30 Å². The number of carbonyl (C=O) groups excluding carboxylic acids is 1. The Morgan fingerprint density at radius 1 is 1.19 bits per heavy atom. The Hall–Kier alpha value is -2.20. The molecule has 0 aliphatic heterocycles. The van der Waals surface area contributed by atoms with Gasteiger partial charge in [-0.1, -0.05) is 12.1 Å². The van der Waals surface area contributed by atoms with Crippen molar-refractivity contribution in [3.05, 3.63) is 57.0 Å². The fourth-order valence-corrected chi connectivity index (χ4v) is 3.98. The highest BCUT2D eigenvalue weighted by Gasteiger charge is 2.24. The maximum Gasteiger partial charge on any atom is 0.253 e. The predicted octanol–water partition coefficient (Wildman–Crippen LogP) is 3.49. The monoisotopic (exact) mass is 351 g/mol. The van der Waals surface area contributed by atoms with E-state index in [0.29, 0.717) is 31.3 Å². The lowest BCUT2D eigenvalue weighted by atomic mass is 9.84. The van der Waals surface area contributed by atoms with Gasteiger partial charge in [-0.3, -0.25) is 9.59 Å². The fraction of sp³-hybridized carbons (Fsp3) is 0.455. The van der Waals surface area contributed by atoms with E-state index < -0.39 is 0 Å². The molecule has 4 heteroatoms. The molecule has 1 aromatic heterocycles. The van der Waals surface area contributed by atoms with Crippen LogP contribution in [0.2, 0.25) is 0 Å². The van der Waals surface area contributed by atoms with Gasteiger partial charge in [-0.15, -0.1) is 0 Å². The zero-order valence-corrected chi connectivity index (χ0v) is 15.5. The second-order valence-electron chi connectivity index (χ2n) is 7.64. The molecule has 0 amide bonds. The summed E-state index contributed by atoms with van der Waals surface area (Å²) < 4.78 is 7.79. The van der Waals surface area contributed by atoms with Crippen LogP contribution in [0.5, 0.6) is 0 Å². The van der Waals surface area contributed by atoms with Crippen molar-refractivity contribution in [2.24, 2.45) is 7.05 Å². The maximum atomic E-state index is 12.1. The molecule has 1 saturated carbocycles. The third-order valence-corrected chi connectivity index (χ3v) is 5.76. The molecule has 0 atom stereocenters. The smallest absolute Gasteiger partial charge is 0.253 e. The van der Waals surface area contributed by atoms with Crippen LogP contribution in [0.3, 0.4) is 0 Å². The minimum Gasteiger partial charge on any atom is -0.374 e. The van der Waals surface area contributed by atoms with Crippen molar-refractivity contribution in [1.82, 2.24) is 4.57 Å². The number of benzene rings is 1. The number of carbonyl (C=O) groups is 1. The molecule has 2 aliphatic carbocycles. The molecule has 0 saturated heterocycles. The van der Waals surface area contributed by atoms with E-state index in [9.17, 15) is 9.59 Å². The lowest BCUT2D eigenvalue weighted by Crippen LogP contribution is -2.23. The van der Waals surface area contributed by atoms with Crippen LogP contribution in [0, 0.1) is 6.92 Å². The van der Waals surface area contributed by atoms with Gasteiger partial charge in [0.25, 0.3) is 5.56 Å². The Bertz CT molecular complexity index is 895. The number of hydrogen-bond acceptors (Lipinski definition) is 3. The molecule has 1 heterocycles. The summed E-state index contributed by atoms with van der Waals surface area (Å²) in [5.41, 5.74) is 6.53. The summed E-state index contributed by atoms with van der Waals surface area (Å²) in [5.74, 6) is 0.314. The molecule has 26 heavy (non-hydrogen) atoms. The Morgan fingerprint density at radius 2 is 2.00 bits per heavy atom. The average molecular weight is 351 g/mol. The highest BCUT2D eigenvalue weighted by atomic mass is 16.5. The van der Waals surface area contributed by atoms with Crippen molar-refractivity contribution in [2.45, 2.75) is 58.2 Å². The lowest BCUT2D eigenvalue weighted by Gasteiger charge is -2.28. The van der Waals surface area contributed by atoms with Crippen LogP contribution < -0.4 is 5.56 Å². The van der Waals surface area contributed by atoms with E-state index in [1.165, 1.54) is 17.5 Å². The van der Waals surface area contributed by atoms with Crippen LogP contribution in [0.15, 0.2) is 29.2 Å². The van der Waals surface area contributed by atoms with Gasteiger partial charge in [0, 0.05) is 31.6 Å². The van der Waals surface area contributed by atoms with E-state index >= 15 is 0 Å². The Labute approximate surface area is 153 Å². The number of pyridine rings is 1. The van der Waals surface area contributed by atoms with Gasteiger partial charge in [0.2, 0.25) is 0 Å². The van der Waals surface area contributed by atoms with Gasteiger partial charge in [0.15, 0.2) is 0 Å². The standard InChI is InChI=1S/C22H25NO3/c1-14-10-16(12-23(2)22(14)25)20-8-6-15-11-17(24)7-9-19(15)21(20)13-26-18-4-3-5-18/h6,8,10,12,18H,3-5,7,9,11,13H2,1-2H3. The van der Waals surface area contributed by atoms with Gasteiger partial charge in [-0.25, -0.2) is 0 Å². The van der Waals surface area contributed by atoms with Crippen molar-refractivity contribution in [2.75, 3.05) is 0 Å². The van der Waals surface area contributed by atoms with Gasteiger partial charge in [-0.05, 0) is 66.5 Å². The summed E-state index contributed by atoms with van der Waals surface area (Å²) in [6.07, 6.45) is 7.72. The third-order valence-electron chi connectivity index (χ3n) is 5.76. The van der Waals surface area contributed by atoms with E-state index in [-0.39, 0.29) is 5.56 Å². The molecule has 0 unspecified atom stereocenters. The number of Topliss-reactive ketones (excluding diaryl/α,β-unsaturated/α-hetero) is 1. The number of aryl methyl sites for hydroxylation is 2. The minimum absolute atomic E-state index is 0.0320. The SMILES string of the molecule is Cc1cc(-c2ccc3c(c2COC2CCC2)CCC(=O)C3)cn(C)c1=O. The van der Waals surface area contributed by atoms with E-state index in [4.69, 9.17) is 4.74 Å². The zero-order valence-electron chi connectivity index (χ0n) is 15.5. The Balaban J connectivity index is 1.80. The van der Waals surface area contributed by atoms with Crippen LogP contribution >= 0.6 is 0 Å². The van der Waals surface area contributed by atoms with Gasteiger partial charge >= 0.3 is 0 Å². The molecule has 2 aromatic rings. The normalized spacial score (nSPS) is 17.1. The highest BCUT2D eigenvalue weighted by molar-refractivity contribution is 5.84. The van der Waals surface area contributed by atoms with Gasteiger partial charge in [0.1, 0.15) is 5.78 Å². The number of rotatable bonds is 4. The highest BCUT2D eigenvalue weighted by Crippen LogP contribution is 2.34. The van der Waals surface area contributed by atoms with E-state index in [1.807, 2.05) is 19.2 Å². The lowest BCUT2D eigenvalue weighted by molar-refractivity contribution is -0.118. The third kappa shape index (κ3) is 3.14. The first-order chi connectivity index (χ1) is 12.5. The Morgan fingerprint density at radius 3 is 2.69 bits per heavy atom. The first kappa shape index (κ1) is 17.2. The summed E-state index contributed by atoms with van der Waals surface area (Å²) in [7, 11) is 1.79. The molecule has 0 spiro atoms. The second-order valence-corrected chi connectivity index (χ2v) is 7.64. The predicted molar refractivity (Wildman–Crippen MR) is 101 cm³/mol.